The number of hydrazone groups is 1. The molecule has 11 heteroatoms. The third kappa shape index (κ3) is 4.06. The van der Waals surface area contributed by atoms with Crippen LogP contribution in [-0.4, -0.2) is 65.9 Å². The van der Waals surface area contributed by atoms with E-state index in [0.717, 1.165) is 25.3 Å². The van der Waals surface area contributed by atoms with E-state index in [2.05, 4.69) is 5.32 Å². The number of rotatable bonds is 3. The van der Waals surface area contributed by atoms with Gasteiger partial charge in [0.2, 0.25) is 0 Å². The van der Waals surface area contributed by atoms with Crippen LogP contribution < -0.4 is 5.32 Å². The lowest BCUT2D eigenvalue weighted by Crippen LogP contribution is -2.46. The Morgan fingerprint density at radius 3 is 2.62 bits per heavy atom. The van der Waals surface area contributed by atoms with Crippen LogP contribution in [0.5, 0.6) is 0 Å². The van der Waals surface area contributed by atoms with Crippen molar-refractivity contribution in [2.45, 2.75) is 43.9 Å². The minimum absolute atomic E-state index is 0.234. The van der Waals surface area contributed by atoms with E-state index in [-0.39, 0.29) is 16.7 Å². The number of ether oxygens (including phenoxy) is 1. The van der Waals surface area contributed by atoms with E-state index < -0.39 is 29.5 Å². The third-order valence-electron chi connectivity index (χ3n) is 6.78. The molecule has 0 bridgehead atoms. The first-order chi connectivity index (χ1) is 16.2. The Bertz CT molecular complexity index is 1090. The van der Waals surface area contributed by atoms with Gasteiger partial charge >= 0.3 is 6.18 Å². The Morgan fingerprint density at radius 2 is 1.97 bits per heavy atom. The van der Waals surface area contributed by atoms with E-state index >= 15 is 0 Å². The lowest BCUT2D eigenvalue weighted by atomic mass is 9.78. The summed E-state index contributed by atoms with van der Waals surface area (Å²) in [6, 6.07) is 2.07. The number of amides is 1. The quantitative estimate of drug-likeness (QED) is 0.676. The van der Waals surface area contributed by atoms with E-state index in [1.807, 2.05) is 4.90 Å². The summed E-state index contributed by atoms with van der Waals surface area (Å²) in [4.78, 5) is 20.2. The number of carbonyl (C=O) groups excluding carboxylic acids is 1. The smallest absolute Gasteiger partial charge is 0.378 e. The first-order valence-corrected chi connectivity index (χ1v) is 11.3. The molecule has 0 aromatic heterocycles. The van der Waals surface area contributed by atoms with Crippen molar-refractivity contribution in [3.05, 3.63) is 46.8 Å². The fourth-order valence-corrected chi connectivity index (χ4v) is 4.72. The number of morpholine rings is 1. The van der Waals surface area contributed by atoms with Gasteiger partial charge in [-0.3, -0.25) is 9.79 Å². The molecule has 1 atom stereocenters. The Labute approximate surface area is 194 Å². The molecule has 182 valence electrons. The van der Waals surface area contributed by atoms with Crippen molar-refractivity contribution < 1.29 is 27.1 Å². The lowest BCUT2D eigenvalue weighted by Gasteiger charge is -2.35. The second-order valence-corrected chi connectivity index (χ2v) is 9.09. The summed E-state index contributed by atoms with van der Waals surface area (Å²) in [5.41, 5.74) is -1.57. The predicted octanol–water partition coefficient (Wildman–Crippen LogP) is 3.24. The zero-order chi connectivity index (χ0) is 24.1. The molecule has 0 unspecified atom stereocenters. The Hall–Kier alpha value is -2.95. The van der Waals surface area contributed by atoms with Crippen molar-refractivity contribution in [2.75, 3.05) is 32.8 Å². The van der Waals surface area contributed by atoms with Gasteiger partial charge in [-0.25, -0.2) is 9.40 Å². The Kier molecular flexibility index (Phi) is 5.62. The first-order valence-electron chi connectivity index (χ1n) is 11.3. The minimum Gasteiger partial charge on any atom is -0.378 e. The molecular weight excluding hydrogens is 454 g/mol. The number of hydrogen-bond donors (Lipinski definition) is 1. The van der Waals surface area contributed by atoms with Crippen LogP contribution in [0.25, 0.3) is 0 Å². The third-order valence-corrected chi connectivity index (χ3v) is 6.78. The summed E-state index contributed by atoms with van der Waals surface area (Å²) >= 11 is 0. The fraction of sp³-hybridized carbons (Fsp3) is 0.522. The number of aliphatic imine (C=N–C) groups is 1. The predicted molar refractivity (Wildman–Crippen MR) is 117 cm³/mol. The zero-order valence-corrected chi connectivity index (χ0v) is 18.7. The second kappa shape index (κ2) is 8.37. The lowest BCUT2D eigenvalue weighted by molar-refractivity contribution is -0.140. The molecule has 0 radical (unpaired) electrons. The van der Waals surface area contributed by atoms with Crippen LogP contribution in [-0.2, 0) is 15.7 Å². The molecule has 3 heterocycles. The maximum Gasteiger partial charge on any atom is 0.419 e. The van der Waals surface area contributed by atoms with Gasteiger partial charge in [0.15, 0.2) is 5.84 Å². The molecule has 4 aliphatic rings. The van der Waals surface area contributed by atoms with Crippen LogP contribution in [0.2, 0.25) is 0 Å². The van der Waals surface area contributed by atoms with Crippen LogP contribution in [0.3, 0.4) is 0 Å². The Balaban J connectivity index is 1.43. The fourth-order valence-electron chi connectivity index (χ4n) is 4.72. The van der Waals surface area contributed by atoms with Crippen molar-refractivity contribution >= 4 is 17.6 Å². The summed E-state index contributed by atoms with van der Waals surface area (Å²) in [5.74, 6) is -0.859. The largest absolute Gasteiger partial charge is 0.419 e. The van der Waals surface area contributed by atoms with E-state index in [4.69, 9.17) is 14.8 Å². The molecule has 5 rings (SSSR count). The molecule has 3 aliphatic heterocycles. The van der Waals surface area contributed by atoms with E-state index in [1.54, 1.807) is 11.1 Å². The highest BCUT2D eigenvalue weighted by molar-refractivity contribution is 6.25. The molecule has 34 heavy (non-hydrogen) atoms. The normalized spacial score (nSPS) is 22.4. The van der Waals surface area contributed by atoms with Crippen molar-refractivity contribution in [3.8, 4) is 0 Å². The van der Waals surface area contributed by atoms with Gasteiger partial charge in [-0.05, 0) is 38.3 Å². The van der Waals surface area contributed by atoms with E-state index in [1.165, 1.54) is 13.0 Å². The molecule has 1 aliphatic carbocycles. The van der Waals surface area contributed by atoms with Crippen molar-refractivity contribution in [1.82, 2.24) is 15.2 Å². The molecule has 1 N–H and O–H groups in total. The van der Waals surface area contributed by atoms with Crippen LogP contribution in [0.15, 0.2) is 39.9 Å². The van der Waals surface area contributed by atoms with Gasteiger partial charge in [0.05, 0.1) is 42.5 Å². The number of carbonyl (C=O) groups is 1. The van der Waals surface area contributed by atoms with Crippen LogP contribution in [0.1, 0.15) is 43.4 Å². The van der Waals surface area contributed by atoms with Gasteiger partial charge in [-0.15, -0.1) is 0 Å². The standard InChI is InChI=1S/C23H25F4N5O2/c1-14(15-4-2-5-17(19(15)24)23(25,26)27)28-21(33)16-12-18(31-8-10-34-11-9-31)30-32-13-22(6-3-7-22)29-20(16)32/h2,4-5,12,14H,3,6-11,13H2,1H3,(H,28,33)/t14-/m1/s1. The van der Waals surface area contributed by atoms with Gasteiger partial charge in [-0.1, -0.05) is 12.1 Å². The highest BCUT2D eigenvalue weighted by atomic mass is 19.4. The first kappa shape index (κ1) is 22.8. The molecule has 2 fully saturated rings. The number of hydrogen-bond acceptors (Lipinski definition) is 6. The highest BCUT2D eigenvalue weighted by Crippen LogP contribution is 2.42. The summed E-state index contributed by atoms with van der Waals surface area (Å²) in [7, 11) is 0. The summed E-state index contributed by atoms with van der Waals surface area (Å²) < 4.78 is 59.5. The highest BCUT2D eigenvalue weighted by Gasteiger charge is 2.47. The summed E-state index contributed by atoms with van der Waals surface area (Å²) in [6.45, 7) is 4.39. The number of halogens is 4. The monoisotopic (exact) mass is 479 g/mol. The number of amidine groups is 2. The maximum atomic E-state index is 14.6. The van der Waals surface area contributed by atoms with Gasteiger partial charge in [-0.2, -0.15) is 18.3 Å². The van der Waals surface area contributed by atoms with Gasteiger partial charge in [0.25, 0.3) is 5.91 Å². The van der Waals surface area contributed by atoms with Crippen molar-refractivity contribution in [3.63, 3.8) is 0 Å². The van der Waals surface area contributed by atoms with Gasteiger partial charge in [0, 0.05) is 18.7 Å². The maximum absolute atomic E-state index is 14.6. The molecule has 1 saturated heterocycles. The van der Waals surface area contributed by atoms with E-state index in [0.29, 0.717) is 50.6 Å². The van der Waals surface area contributed by atoms with Crippen molar-refractivity contribution in [2.24, 2.45) is 10.1 Å². The summed E-state index contributed by atoms with van der Waals surface area (Å²) in [5, 5.41) is 9.12. The molecule has 1 amide bonds. The SMILES string of the molecule is C[C@@H](NC(=O)C1=CC(N2CCOCC2)=NN2CC3(CCC3)N=C12)c1cccc(C(F)(F)F)c1F. The van der Waals surface area contributed by atoms with Gasteiger partial charge < -0.3 is 15.0 Å². The number of alkyl halides is 3. The Morgan fingerprint density at radius 1 is 1.24 bits per heavy atom. The van der Waals surface area contributed by atoms with Crippen LogP contribution in [0, 0.1) is 5.82 Å². The number of nitrogens with zero attached hydrogens (tertiary/aromatic N) is 4. The average Bonchev–Trinajstić information content (AvgIpc) is 3.19. The average molecular weight is 479 g/mol. The number of fused-ring (bicyclic) bond motifs is 1. The molecule has 1 aromatic rings. The molecule has 1 aromatic carbocycles. The summed E-state index contributed by atoms with van der Waals surface area (Å²) in [6.07, 6.45) is -0.285. The zero-order valence-electron chi connectivity index (χ0n) is 18.7. The molecule has 1 saturated carbocycles. The number of benzene rings is 1. The second-order valence-electron chi connectivity index (χ2n) is 9.09. The van der Waals surface area contributed by atoms with Crippen LogP contribution >= 0.6 is 0 Å². The van der Waals surface area contributed by atoms with Gasteiger partial charge in [0.1, 0.15) is 11.7 Å². The molecule has 7 nitrogen and oxygen atoms in total. The van der Waals surface area contributed by atoms with E-state index in [9.17, 15) is 22.4 Å². The molecular formula is C23H25F4N5O2. The minimum atomic E-state index is -4.82. The molecule has 1 spiro atoms. The van der Waals surface area contributed by atoms with Crippen LogP contribution in [0.4, 0.5) is 17.6 Å². The number of nitrogens with one attached hydrogen (secondary N) is 1. The van der Waals surface area contributed by atoms with Crippen molar-refractivity contribution in [1.29, 1.82) is 0 Å². The topological polar surface area (TPSA) is 69.5 Å².